The smallest absolute Gasteiger partial charge is 0.317 e. The summed E-state index contributed by atoms with van der Waals surface area (Å²) in [5.74, 6) is -4.74. The number of benzene rings is 4. The number of aromatic hydroxyl groups is 4. The number of piperidine rings is 2. The second-order valence-electron chi connectivity index (χ2n) is 29.5. The van der Waals surface area contributed by atoms with Crippen LogP contribution in [0.25, 0.3) is 34.2 Å². The van der Waals surface area contributed by atoms with Crippen molar-refractivity contribution in [3.63, 3.8) is 0 Å². The van der Waals surface area contributed by atoms with Crippen molar-refractivity contribution in [1.82, 2.24) is 80.2 Å². The molecule has 3 aliphatic rings. The molecule has 3 saturated heterocycles. The molecular formula is C78H108N16O16. The van der Waals surface area contributed by atoms with E-state index >= 15 is 0 Å². The molecule has 3 aliphatic heterocycles. The van der Waals surface area contributed by atoms with Crippen LogP contribution in [0.3, 0.4) is 0 Å². The number of aliphatic hydroxyl groups excluding tert-OH is 1. The normalized spacial score (nSPS) is 16.4. The lowest BCUT2D eigenvalue weighted by Gasteiger charge is -2.38. The van der Waals surface area contributed by atoms with E-state index in [1.54, 1.807) is 54.7 Å². The van der Waals surface area contributed by atoms with E-state index in [-0.39, 0.29) is 180 Å². The number of hydrogen-bond donors (Lipinski definition) is 12. The minimum absolute atomic E-state index is 0.0160. The number of nitrogens with one attached hydrogen (secondary N) is 4. The highest BCUT2D eigenvalue weighted by Crippen LogP contribution is 2.41. The van der Waals surface area contributed by atoms with Gasteiger partial charge in [0.2, 0.25) is 29.4 Å². The molecule has 2 aromatic heterocycles. The minimum atomic E-state index is -1.10. The molecule has 596 valence electrons. The van der Waals surface area contributed by atoms with Crippen LogP contribution in [0.5, 0.6) is 23.0 Å². The van der Waals surface area contributed by atoms with Gasteiger partial charge in [0.15, 0.2) is 11.6 Å². The van der Waals surface area contributed by atoms with Crippen molar-refractivity contribution < 1.29 is 79.2 Å². The van der Waals surface area contributed by atoms with Gasteiger partial charge in [0.25, 0.3) is 11.8 Å². The van der Waals surface area contributed by atoms with Crippen molar-refractivity contribution in [2.24, 2.45) is 11.8 Å². The number of phenolic OH excluding ortho intramolecular Hbond substituents is 4. The number of unbranched alkanes of at least 4 members (excludes halogenated alkanes) is 1. The van der Waals surface area contributed by atoms with Gasteiger partial charge in [0.05, 0.1) is 43.3 Å². The minimum Gasteiger partial charge on any atom is -0.508 e. The third-order valence-corrected chi connectivity index (χ3v) is 20.8. The molecular weight excluding hydrogens is 1420 g/mol. The summed E-state index contributed by atoms with van der Waals surface area (Å²) in [6.45, 7) is 15.2. The number of carboxylic acid groups (broad SMARTS) is 3. The van der Waals surface area contributed by atoms with E-state index in [1.165, 1.54) is 12.1 Å². The maximum Gasteiger partial charge on any atom is 0.317 e. The average molecular weight is 1530 g/mol. The molecule has 0 spiro atoms. The van der Waals surface area contributed by atoms with Crippen LogP contribution in [0.2, 0.25) is 0 Å². The molecule has 6 aromatic rings. The van der Waals surface area contributed by atoms with Crippen molar-refractivity contribution in [1.29, 1.82) is 0 Å². The number of aromatic nitrogens is 6. The van der Waals surface area contributed by atoms with Gasteiger partial charge in [-0.15, -0.1) is 20.4 Å². The largest absolute Gasteiger partial charge is 0.508 e. The van der Waals surface area contributed by atoms with Gasteiger partial charge in [-0.25, -0.2) is 0 Å². The molecule has 1 unspecified atom stereocenters. The SMILES string of the molecule is CCNC(=O)c1nnc(-c2cc(C(C)C)c(O)cc2O)n1-c1ccc(CC2CCN(C(=O)CCC(=O)N[C@@H](CCCCNC(=O)CN3CCN(CC(=O)O)CCN(CC(=O)O)CCN(CC(=O)O)CC3)C(O)N3CCC(Cc4ccc(-n5c(C(=O)NCC)nnc5-c5cc(C(C)C)c(O)cc5O)cc4)CC3)CC2)cc1. The zero-order valence-corrected chi connectivity index (χ0v) is 63.8. The molecule has 0 radical (unpaired) electrons. The Morgan fingerprint density at radius 1 is 0.473 bits per heavy atom. The van der Waals surface area contributed by atoms with Gasteiger partial charge < -0.3 is 67.0 Å². The van der Waals surface area contributed by atoms with E-state index in [1.807, 2.05) is 86.0 Å². The molecule has 12 N–H and O–H groups in total. The van der Waals surface area contributed by atoms with E-state index in [0.29, 0.717) is 98.6 Å². The Morgan fingerprint density at radius 3 is 1.26 bits per heavy atom. The molecule has 3 fully saturated rings. The van der Waals surface area contributed by atoms with Gasteiger partial charge >= 0.3 is 17.9 Å². The van der Waals surface area contributed by atoms with E-state index in [4.69, 9.17) is 0 Å². The van der Waals surface area contributed by atoms with Crippen molar-refractivity contribution in [3.05, 3.63) is 107 Å². The fourth-order valence-electron chi connectivity index (χ4n) is 14.7. The lowest BCUT2D eigenvalue weighted by atomic mass is 9.89. The first-order valence-corrected chi connectivity index (χ1v) is 38.3. The molecule has 32 heteroatoms. The Labute approximate surface area is 640 Å². The zero-order chi connectivity index (χ0) is 79.3. The lowest BCUT2D eigenvalue weighted by Crippen LogP contribution is -2.54. The first-order valence-electron chi connectivity index (χ1n) is 38.3. The highest BCUT2D eigenvalue weighted by atomic mass is 16.4. The molecule has 0 saturated carbocycles. The van der Waals surface area contributed by atoms with Crippen molar-refractivity contribution >= 4 is 47.4 Å². The van der Waals surface area contributed by atoms with Crippen molar-refractivity contribution in [3.8, 4) is 57.1 Å². The number of rotatable bonds is 33. The topological polar surface area (TPSA) is 427 Å². The summed E-state index contributed by atoms with van der Waals surface area (Å²) in [5, 5.41) is 113. The molecule has 4 aromatic carbocycles. The van der Waals surface area contributed by atoms with Crippen molar-refractivity contribution in [2.45, 2.75) is 136 Å². The third-order valence-electron chi connectivity index (χ3n) is 20.8. The number of phenols is 4. The zero-order valence-electron chi connectivity index (χ0n) is 63.8. The number of likely N-dealkylation sites (tertiary alicyclic amines) is 2. The quantitative estimate of drug-likeness (QED) is 0.0245. The van der Waals surface area contributed by atoms with Gasteiger partial charge in [-0.3, -0.25) is 72.0 Å². The molecule has 0 bridgehead atoms. The van der Waals surface area contributed by atoms with Crippen LogP contribution in [0.4, 0.5) is 0 Å². The Morgan fingerprint density at radius 2 is 0.873 bits per heavy atom. The van der Waals surface area contributed by atoms with Crippen LogP contribution in [0.15, 0.2) is 72.8 Å². The van der Waals surface area contributed by atoms with Gasteiger partial charge in [0, 0.05) is 135 Å². The third kappa shape index (κ3) is 23.2. The Hall–Kier alpha value is -10.1. The maximum atomic E-state index is 14.0. The van der Waals surface area contributed by atoms with Crippen LogP contribution < -0.4 is 21.3 Å². The van der Waals surface area contributed by atoms with Gasteiger partial charge in [-0.2, -0.15) is 0 Å². The van der Waals surface area contributed by atoms with E-state index < -0.39 is 47.9 Å². The van der Waals surface area contributed by atoms with E-state index in [0.717, 1.165) is 43.2 Å². The summed E-state index contributed by atoms with van der Waals surface area (Å²) in [7, 11) is 0. The Kier molecular flexibility index (Phi) is 30.5. The fraction of sp³-hybridized carbons (Fsp3) is 0.538. The average Bonchev–Trinajstić information content (AvgIpc) is 1.57. The summed E-state index contributed by atoms with van der Waals surface area (Å²) in [5.41, 5.74) is 5.00. The highest BCUT2D eigenvalue weighted by molar-refractivity contribution is 5.93. The summed E-state index contributed by atoms with van der Waals surface area (Å²) in [6, 6.07) is 20.4. The van der Waals surface area contributed by atoms with Crippen LogP contribution in [-0.2, 0) is 41.6 Å². The first kappa shape index (κ1) is 83.9. The van der Waals surface area contributed by atoms with Gasteiger partial charge in [-0.1, -0.05) is 52.0 Å². The molecule has 5 amide bonds. The van der Waals surface area contributed by atoms with Crippen molar-refractivity contribution in [2.75, 3.05) is 124 Å². The number of amides is 5. The maximum absolute atomic E-state index is 14.0. The van der Waals surface area contributed by atoms with Crippen LogP contribution in [0, 0.1) is 11.8 Å². The highest BCUT2D eigenvalue weighted by Gasteiger charge is 2.33. The molecule has 0 aliphatic carbocycles. The monoisotopic (exact) mass is 1520 g/mol. The predicted octanol–water partition coefficient (Wildman–Crippen LogP) is 4.83. The number of aliphatic hydroxyl groups is 1. The predicted molar refractivity (Wildman–Crippen MR) is 408 cm³/mol. The number of aliphatic carboxylic acids is 3. The number of carbonyl (C=O) groups excluding carboxylic acids is 5. The van der Waals surface area contributed by atoms with Crippen LogP contribution in [-0.4, -0.2) is 284 Å². The first-order chi connectivity index (χ1) is 52.7. The summed E-state index contributed by atoms with van der Waals surface area (Å²) >= 11 is 0. The summed E-state index contributed by atoms with van der Waals surface area (Å²) in [4.78, 5) is 114. The number of carboxylic acids is 3. The Bertz CT molecular complexity index is 4100. The van der Waals surface area contributed by atoms with Crippen LogP contribution >= 0.6 is 0 Å². The fourth-order valence-corrected chi connectivity index (χ4v) is 14.7. The van der Waals surface area contributed by atoms with Gasteiger partial charge in [-0.05, 0) is 154 Å². The second-order valence-corrected chi connectivity index (χ2v) is 29.5. The van der Waals surface area contributed by atoms with E-state index in [2.05, 4.69) is 41.7 Å². The molecule has 9 rings (SSSR count). The molecule has 32 nitrogen and oxygen atoms in total. The molecule has 110 heavy (non-hydrogen) atoms. The standard InChI is InChI=1S/C78H108N16O16/c1-7-79-76(108)74-85-83-72(59-41-57(49(3)4)62(95)43-64(59)97)93(74)55-16-12-51(13-17-55)39-53-22-27-91(28-23-53)68(101)21-20-66(99)82-61(11-9-10-26-81-67(100)45-87-31-33-88(46-69(102)103)35-37-90(48-71(106)107)38-36-89(34-32-87)47-70(104)105)78(110)92-29-24-54(25-30-92)40-52-14-18-56(19-15-52)94-73(84-86-75(94)77(109)80-8-2)60-42-58(50(5)6)63(96)44-65(60)98/h12-19,41-44,49-50,53-54,61,78,95-98,110H,7-11,20-40,45-48H2,1-6H3,(H,79,108)(H,80,109)(H,81,100)(H,82,99)(H,102,103)(H,104,105)(H,106,107)/t61-,78?/m0/s1. The number of carbonyl (C=O) groups is 8. The van der Waals surface area contributed by atoms with Gasteiger partial charge in [0.1, 0.15) is 29.2 Å². The summed E-state index contributed by atoms with van der Waals surface area (Å²) < 4.78 is 3.17. The summed E-state index contributed by atoms with van der Waals surface area (Å²) in [6.07, 6.45) is 4.35. The Balaban J connectivity index is 0.816. The number of nitrogens with zero attached hydrogens (tertiary/aromatic N) is 12. The van der Waals surface area contributed by atoms with E-state index in [9.17, 15) is 79.2 Å². The number of hydrogen-bond acceptors (Lipinski definition) is 22. The second kappa shape index (κ2) is 40.0. The lowest BCUT2D eigenvalue weighted by molar-refractivity contribution is -0.140. The molecule has 2 atom stereocenters. The molecule has 5 heterocycles. The van der Waals surface area contributed by atoms with Crippen LogP contribution in [0.1, 0.15) is 155 Å².